The van der Waals surface area contributed by atoms with Gasteiger partial charge in [-0.3, -0.25) is 0 Å². The summed E-state index contributed by atoms with van der Waals surface area (Å²) in [7, 11) is 4.70. The fraction of sp³-hybridized carbons (Fsp3) is 0.250. The molecule has 0 bridgehead atoms. The zero-order chi connectivity index (χ0) is 18.8. The SMILES string of the molecule is COc1ccc(OCCOC(=O)/C=C/c2cccc(OC)c2OC)cc1. The van der Waals surface area contributed by atoms with Crippen molar-refractivity contribution in [2.45, 2.75) is 0 Å². The Bertz CT molecular complexity index is 736. The van der Waals surface area contributed by atoms with Crippen LogP contribution in [-0.2, 0) is 9.53 Å². The number of carbonyl (C=O) groups excluding carboxylic acids is 1. The third-order valence-electron chi connectivity index (χ3n) is 3.49. The Labute approximate surface area is 152 Å². The third-order valence-corrected chi connectivity index (χ3v) is 3.49. The van der Waals surface area contributed by atoms with Gasteiger partial charge in [0, 0.05) is 11.6 Å². The summed E-state index contributed by atoms with van der Waals surface area (Å²) >= 11 is 0. The van der Waals surface area contributed by atoms with Gasteiger partial charge >= 0.3 is 5.97 Å². The second kappa shape index (κ2) is 9.98. The smallest absolute Gasteiger partial charge is 0.330 e. The van der Waals surface area contributed by atoms with Gasteiger partial charge in [-0.25, -0.2) is 4.79 Å². The van der Waals surface area contributed by atoms with Crippen LogP contribution in [0, 0.1) is 0 Å². The minimum Gasteiger partial charge on any atom is -0.497 e. The van der Waals surface area contributed by atoms with Crippen molar-refractivity contribution in [3.8, 4) is 23.0 Å². The molecule has 6 heteroatoms. The second-order valence-corrected chi connectivity index (χ2v) is 5.11. The summed E-state index contributed by atoms with van der Waals surface area (Å²) in [5, 5.41) is 0. The van der Waals surface area contributed by atoms with Crippen molar-refractivity contribution in [3.05, 3.63) is 54.1 Å². The zero-order valence-electron chi connectivity index (χ0n) is 15.1. The molecule has 0 unspecified atom stereocenters. The molecule has 0 aliphatic heterocycles. The van der Waals surface area contributed by atoms with E-state index in [-0.39, 0.29) is 13.2 Å². The van der Waals surface area contributed by atoms with Crippen molar-refractivity contribution in [1.29, 1.82) is 0 Å². The first kappa shape index (κ1) is 19.2. The van der Waals surface area contributed by atoms with Gasteiger partial charge < -0.3 is 23.7 Å². The van der Waals surface area contributed by atoms with Gasteiger partial charge in [0.15, 0.2) is 11.5 Å². The molecule has 0 atom stereocenters. The van der Waals surface area contributed by atoms with E-state index >= 15 is 0 Å². The lowest BCUT2D eigenvalue weighted by Gasteiger charge is -2.09. The van der Waals surface area contributed by atoms with Crippen LogP contribution in [0.1, 0.15) is 5.56 Å². The van der Waals surface area contributed by atoms with Crippen molar-refractivity contribution in [2.75, 3.05) is 34.5 Å². The Morgan fingerprint density at radius 1 is 0.885 bits per heavy atom. The van der Waals surface area contributed by atoms with Gasteiger partial charge in [-0.05, 0) is 36.4 Å². The van der Waals surface area contributed by atoms with Crippen molar-refractivity contribution >= 4 is 12.0 Å². The minimum absolute atomic E-state index is 0.143. The molecule has 0 heterocycles. The Hall–Kier alpha value is -3.15. The van der Waals surface area contributed by atoms with E-state index in [1.54, 1.807) is 57.7 Å². The maximum Gasteiger partial charge on any atom is 0.330 e. The molecule has 0 fully saturated rings. The standard InChI is InChI=1S/C20H22O6/c1-22-16-8-10-17(11-9-16)25-13-14-26-19(21)12-7-15-5-4-6-18(23-2)20(15)24-3/h4-12H,13-14H2,1-3H3/b12-7+. The number of hydrogen-bond acceptors (Lipinski definition) is 6. The Morgan fingerprint density at radius 3 is 2.27 bits per heavy atom. The molecule has 0 N–H and O–H groups in total. The average Bonchev–Trinajstić information content (AvgIpc) is 2.69. The van der Waals surface area contributed by atoms with E-state index in [4.69, 9.17) is 23.7 Å². The topological polar surface area (TPSA) is 63.2 Å². The summed E-state index contributed by atoms with van der Waals surface area (Å²) in [5.41, 5.74) is 0.721. The van der Waals surface area contributed by atoms with Gasteiger partial charge in [0.05, 0.1) is 21.3 Å². The number of ether oxygens (including phenoxy) is 5. The van der Waals surface area contributed by atoms with Crippen LogP contribution in [0.15, 0.2) is 48.5 Å². The molecule has 2 aromatic carbocycles. The Morgan fingerprint density at radius 2 is 1.62 bits per heavy atom. The van der Waals surface area contributed by atoms with Gasteiger partial charge in [0.25, 0.3) is 0 Å². The fourth-order valence-corrected chi connectivity index (χ4v) is 2.22. The van der Waals surface area contributed by atoms with Crippen LogP contribution in [-0.4, -0.2) is 40.5 Å². The molecule has 6 nitrogen and oxygen atoms in total. The quantitative estimate of drug-likeness (QED) is 0.389. The summed E-state index contributed by atoms with van der Waals surface area (Å²) in [6, 6.07) is 12.6. The van der Waals surface area contributed by atoms with Crippen molar-refractivity contribution in [1.82, 2.24) is 0 Å². The molecule has 2 aromatic rings. The van der Waals surface area contributed by atoms with Gasteiger partial charge in [-0.1, -0.05) is 12.1 Å². The number of benzene rings is 2. The molecule has 2 rings (SSSR count). The molecule has 0 radical (unpaired) electrons. The summed E-state index contributed by atoms with van der Waals surface area (Å²) in [5.74, 6) is 2.12. The van der Waals surface area contributed by atoms with Crippen molar-refractivity contribution < 1.29 is 28.5 Å². The number of methoxy groups -OCH3 is 3. The maximum absolute atomic E-state index is 11.8. The van der Waals surface area contributed by atoms with E-state index in [1.807, 2.05) is 12.1 Å². The highest BCUT2D eigenvalue weighted by atomic mass is 16.6. The lowest BCUT2D eigenvalue weighted by Crippen LogP contribution is -2.10. The van der Waals surface area contributed by atoms with E-state index < -0.39 is 5.97 Å². The maximum atomic E-state index is 11.8. The van der Waals surface area contributed by atoms with Crippen LogP contribution in [0.25, 0.3) is 6.08 Å². The predicted molar refractivity (Wildman–Crippen MR) is 98.0 cm³/mol. The minimum atomic E-state index is -0.465. The molecule has 0 aliphatic carbocycles. The number of para-hydroxylation sites is 1. The van der Waals surface area contributed by atoms with Crippen LogP contribution in [0.4, 0.5) is 0 Å². The summed E-state index contributed by atoms with van der Waals surface area (Å²) in [4.78, 5) is 11.8. The number of hydrogen-bond donors (Lipinski definition) is 0. The molecule has 0 saturated carbocycles. The zero-order valence-corrected chi connectivity index (χ0v) is 15.1. The molecule has 0 saturated heterocycles. The van der Waals surface area contributed by atoms with Crippen LogP contribution in [0.3, 0.4) is 0 Å². The number of carbonyl (C=O) groups is 1. The second-order valence-electron chi connectivity index (χ2n) is 5.11. The molecular formula is C20H22O6. The van der Waals surface area contributed by atoms with E-state index in [0.29, 0.717) is 17.2 Å². The molecule has 0 aliphatic rings. The number of esters is 1. The first-order valence-electron chi connectivity index (χ1n) is 8.00. The van der Waals surface area contributed by atoms with Crippen molar-refractivity contribution in [3.63, 3.8) is 0 Å². The van der Waals surface area contributed by atoms with Gasteiger partial charge in [-0.15, -0.1) is 0 Å². The molecule has 0 amide bonds. The molecular weight excluding hydrogens is 336 g/mol. The van der Waals surface area contributed by atoms with E-state index in [9.17, 15) is 4.79 Å². The highest BCUT2D eigenvalue weighted by Gasteiger charge is 2.07. The largest absolute Gasteiger partial charge is 0.497 e. The van der Waals surface area contributed by atoms with E-state index in [1.165, 1.54) is 6.08 Å². The highest BCUT2D eigenvalue weighted by molar-refractivity contribution is 5.87. The van der Waals surface area contributed by atoms with Crippen LogP contribution >= 0.6 is 0 Å². The van der Waals surface area contributed by atoms with Crippen molar-refractivity contribution in [2.24, 2.45) is 0 Å². The van der Waals surface area contributed by atoms with E-state index in [2.05, 4.69) is 0 Å². The molecule has 26 heavy (non-hydrogen) atoms. The van der Waals surface area contributed by atoms with Crippen LogP contribution in [0.2, 0.25) is 0 Å². The first-order valence-corrected chi connectivity index (χ1v) is 8.00. The Kier molecular flexibility index (Phi) is 7.36. The van der Waals surface area contributed by atoms with E-state index in [0.717, 1.165) is 11.3 Å². The monoisotopic (exact) mass is 358 g/mol. The molecule has 0 spiro atoms. The lowest BCUT2D eigenvalue weighted by molar-refractivity contribution is -0.138. The van der Waals surface area contributed by atoms with Gasteiger partial charge in [0.2, 0.25) is 0 Å². The molecule has 138 valence electrons. The predicted octanol–water partition coefficient (Wildman–Crippen LogP) is 3.35. The Balaban J connectivity index is 1.80. The summed E-state index contributed by atoms with van der Waals surface area (Å²) in [6.07, 6.45) is 2.96. The van der Waals surface area contributed by atoms with Gasteiger partial charge in [-0.2, -0.15) is 0 Å². The number of rotatable bonds is 9. The van der Waals surface area contributed by atoms with Crippen LogP contribution in [0.5, 0.6) is 23.0 Å². The first-order chi connectivity index (χ1) is 12.7. The summed E-state index contributed by atoms with van der Waals surface area (Å²) < 4.78 is 26.2. The fourth-order valence-electron chi connectivity index (χ4n) is 2.22. The normalized spacial score (nSPS) is 10.4. The average molecular weight is 358 g/mol. The highest BCUT2D eigenvalue weighted by Crippen LogP contribution is 2.31. The summed E-state index contributed by atoms with van der Waals surface area (Å²) in [6.45, 7) is 0.402. The third kappa shape index (κ3) is 5.44. The van der Waals surface area contributed by atoms with Gasteiger partial charge in [0.1, 0.15) is 24.7 Å². The lowest BCUT2D eigenvalue weighted by atomic mass is 10.1. The molecule has 0 aromatic heterocycles. The van der Waals surface area contributed by atoms with Crippen LogP contribution < -0.4 is 18.9 Å².